The summed E-state index contributed by atoms with van der Waals surface area (Å²) in [4.78, 5) is 26.7. The van der Waals surface area contributed by atoms with Gasteiger partial charge in [-0.05, 0) is 39.0 Å². The van der Waals surface area contributed by atoms with Gasteiger partial charge in [0.25, 0.3) is 0 Å². The van der Waals surface area contributed by atoms with Crippen molar-refractivity contribution in [1.82, 2.24) is 20.4 Å². The van der Waals surface area contributed by atoms with Gasteiger partial charge in [0.2, 0.25) is 11.8 Å². The van der Waals surface area contributed by atoms with Gasteiger partial charge in [-0.25, -0.2) is 0 Å². The summed E-state index contributed by atoms with van der Waals surface area (Å²) in [7, 11) is 0. The van der Waals surface area contributed by atoms with Gasteiger partial charge in [0.05, 0.1) is 0 Å². The second kappa shape index (κ2) is 13.1. The van der Waals surface area contributed by atoms with Crippen LogP contribution in [0.2, 0.25) is 0 Å². The Bertz CT molecular complexity index is 332. The zero-order valence-corrected chi connectivity index (χ0v) is 14.8. The minimum atomic E-state index is -0.260. The SMILES string of the molecule is NC(=O)CCN1CCCNCCNCCCN(CCC(N)=O)CC1. The number of nitrogens with one attached hydrogen (secondary N) is 2. The lowest BCUT2D eigenvalue weighted by molar-refractivity contribution is -0.119. The van der Waals surface area contributed by atoms with E-state index in [9.17, 15) is 9.59 Å². The average Bonchev–Trinajstić information content (AvgIpc) is 2.54. The molecule has 8 heteroatoms. The Morgan fingerprint density at radius 3 is 1.50 bits per heavy atom. The highest BCUT2D eigenvalue weighted by Crippen LogP contribution is 1.99. The predicted octanol–water partition coefficient (Wildman–Crippen LogP) is -1.69. The fourth-order valence-electron chi connectivity index (χ4n) is 2.77. The molecule has 1 saturated heterocycles. The molecular formula is C16H34N6O2. The van der Waals surface area contributed by atoms with Crippen molar-refractivity contribution in [3.8, 4) is 0 Å². The van der Waals surface area contributed by atoms with Gasteiger partial charge in [-0.3, -0.25) is 9.59 Å². The zero-order chi connectivity index (χ0) is 17.6. The maximum absolute atomic E-state index is 11.1. The maximum atomic E-state index is 11.1. The molecule has 0 spiro atoms. The molecule has 0 bridgehead atoms. The van der Waals surface area contributed by atoms with Crippen LogP contribution in [0.3, 0.4) is 0 Å². The molecule has 0 atom stereocenters. The molecule has 0 aliphatic carbocycles. The lowest BCUT2D eigenvalue weighted by atomic mass is 10.2. The maximum Gasteiger partial charge on any atom is 0.218 e. The summed E-state index contributed by atoms with van der Waals surface area (Å²) in [6.07, 6.45) is 2.86. The summed E-state index contributed by atoms with van der Waals surface area (Å²) in [5.41, 5.74) is 10.6. The van der Waals surface area contributed by atoms with E-state index in [1.54, 1.807) is 0 Å². The first-order valence-corrected chi connectivity index (χ1v) is 9.00. The molecule has 140 valence electrons. The summed E-state index contributed by atoms with van der Waals surface area (Å²) >= 11 is 0. The molecule has 0 aromatic rings. The van der Waals surface area contributed by atoms with E-state index < -0.39 is 0 Å². The molecule has 0 aromatic carbocycles. The number of hydrogen-bond donors (Lipinski definition) is 4. The summed E-state index contributed by atoms with van der Waals surface area (Å²) in [6, 6.07) is 0. The fraction of sp³-hybridized carbons (Fsp3) is 0.875. The molecule has 0 saturated carbocycles. The number of primary amides is 2. The monoisotopic (exact) mass is 342 g/mol. The van der Waals surface area contributed by atoms with Crippen molar-refractivity contribution in [2.24, 2.45) is 11.5 Å². The Hall–Kier alpha value is -1.22. The highest BCUT2D eigenvalue weighted by atomic mass is 16.1. The van der Waals surface area contributed by atoms with Crippen LogP contribution < -0.4 is 22.1 Å². The summed E-state index contributed by atoms with van der Waals surface area (Å²) < 4.78 is 0. The number of nitrogens with two attached hydrogens (primary N) is 2. The van der Waals surface area contributed by atoms with Crippen LogP contribution in [0.15, 0.2) is 0 Å². The van der Waals surface area contributed by atoms with Crippen molar-refractivity contribution in [1.29, 1.82) is 0 Å². The van der Waals surface area contributed by atoms with Crippen LogP contribution in [0.4, 0.5) is 0 Å². The lowest BCUT2D eigenvalue weighted by Gasteiger charge is -2.28. The van der Waals surface area contributed by atoms with Gasteiger partial charge in [-0.15, -0.1) is 0 Å². The van der Waals surface area contributed by atoms with E-state index >= 15 is 0 Å². The quantitative estimate of drug-likeness (QED) is 0.458. The van der Waals surface area contributed by atoms with E-state index in [1.165, 1.54) is 0 Å². The van der Waals surface area contributed by atoms with Crippen molar-refractivity contribution in [3.63, 3.8) is 0 Å². The average molecular weight is 342 g/mol. The Balaban J connectivity index is 2.52. The first kappa shape index (κ1) is 20.8. The number of amides is 2. The van der Waals surface area contributed by atoms with E-state index in [1.807, 2.05) is 0 Å². The van der Waals surface area contributed by atoms with E-state index in [0.717, 1.165) is 65.2 Å². The van der Waals surface area contributed by atoms with Gasteiger partial charge in [0.1, 0.15) is 0 Å². The van der Waals surface area contributed by atoms with Gasteiger partial charge < -0.3 is 31.9 Å². The molecule has 1 rings (SSSR count). The Labute approximate surface area is 145 Å². The van der Waals surface area contributed by atoms with Crippen LogP contribution in [0.5, 0.6) is 0 Å². The van der Waals surface area contributed by atoms with Crippen molar-refractivity contribution in [2.45, 2.75) is 25.7 Å². The minimum absolute atomic E-state index is 0.260. The van der Waals surface area contributed by atoms with Gasteiger partial charge in [0.15, 0.2) is 0 Å². The molecule has 1 aliphatic heterocycles. The predicted molar refractivity (Wildman–Crippen MR) is 95.5 cm³/mol. The van der Waals surface area contributed by atoms with Crippen molar-refractivity contribution >= 4 is 11.8 Å². The second-order valence-corrected chi connectivity index (χ2v) is 6.32. The molecular weight excluding hydrogens is 308 g/mol. The lowest BCUT2D eigenvalue weighted by Crippen LogP contribution is -2.40. The smallest absolute Gasteiger partial charge is 0.218 e. The Morgan fingerprint density at radius 2 is 1.12 bits per heavy atom. The number of rotatable bonds is 6. The molecule has 1 aliphatic rings. The highest BCUT2D eigenvalue weighted by Gasteiger charge is 2.11. The third-order valence-electron chi connectivity index (χ3n) is 4.22. The van der Waals surface area contributed by atoms with Crippen LogP contribution in [0, 0.1) is 0 Å². The fourth-order valence-corrected chi connectivity index (χ4v) is 2.77. The van der Waals surface area contributed by atoms with Crippen molar-refractivity contribution < 1.29 is 9.59 Å². The molecule has 0 unspecified atom stereocenters. The molecule has 24 heavy (non-hydrogen) atoms. The van der Waals surface area contributed by atoms with E-state index in [2.05, 4.69) is 20.4 Å². The first-order valence-electron chi connectivity index (χ1n) is 9.00. The second-order valence-electron chi connectivity index (χ2n) is 6.32. The largest absolute Gasteiger partial charge is 0.370 e. The normalized spacial score (nSPS) is 20.3. The summed E-state index contributed by atoms with van der Waals surface area (Å²) in [5, 5.41) is 6.85. The molecule has 6 N–H and O–H groups in total. The molecule has 1 heterocycles. The number of nitrogens with zero attached hydrogens (tertiary/aromatic N) is 2. The molecule has 0 radical (unpaired) electrons. The standard InChI is InChI=1S/C16H34N6O2/c17-15(23)3-11-21-9-1-5-19-7-8-20-6-2-10-22(14-13-21)12-4-16(18)24/h19-20H,1-14H2,(H2,17,23)(H2,18,24). The van der Waals surface area contributed by atoms with E-state index in [0.29, 0.717) is 25.9 Å². The van der Waals surface area contributed by atoms with Crippen LogP contribution in [-0.4, -0.2) is 87.1 Å². The van der Waals surface area contributed by atoms with Crippen LogP contribution in [-0.2, 0) is 9.59 Å². The van der Waals surface area contributed by atoms with Crippen LogP contribution >= 0.6 is 0 Å². The number of hydrogen-bond acceptors (Lipinski definition) is 6. The number of carbonyl (C=O) groups excluding carboxylic acids is 2. The van der Waals surface area contributed by atoms with Gasteiger partial charge in [-0.2, -0.15) is 0 Å². The third-order valence-corrected chi connectivity index (χ3v) is 4.22. The summed E-state index contributed by atoms with van der Waals surface area (Å²) in [6.45, 7) is 8.90. The number of carbonyl (C=O) groups is 2. The van der Waals surface area contributed by atoms with Gasteiger partial charge in [0, 0.05) is 52.1 Å². The van der Waals surface area contributed by atoms with Crippen LogP contribution in [0.1, 0.15) is 25.7 Å². The van der Waals surface area contributed by atoms with Crippen LogP contribution in [0.25, 0.3) is 0 Å². The first-order chi connectivity index (χ1) is 11.6. The third kappa shape index (κ3) is 11.3. The Morgan fingerprint density at radius 1 is 0.708 bits per heavy atom. The summed E-state index contributed by atoms with van der Waals surface area (Å²) in [5.74, 6) is -0.520. The molecule has 0 aromatic heterocycles. The zero-order valence-electron chi connectivity index (χ0n) is 14.8. The molecule has 2 amide bonds. The van der Waals surface area contributed by atoms with E-state index in [-0.39, 0.29) is 11.8 Å². The Kier molecular flexibility index (Phi) is 11.4. The van der Waals surface area contributed by atoms with Crippen molar-refractivity contribution in [3.05, 3.63) is 0 Å². The topological polar surface area (TPSA) is 117 Å². The molecule has 8 nitrogen and oxygen atoms in total. The molecule has 1 fully saturated rings. The van der Waals surface area contributed by atoms with Crippen molar-refractivity contribution in [2.75, 3.05) is 65.4 Å². The minimum Gasteiger partial charge on any atom is -0.370 e. The van der Waals surface area contributed by atoms with Gasteiger partial charge >= 0.3 is 0 Å². The highest BCUT2D eigenvalue weighted by molar-refractivity contribution is 5.74. The van der Waals surface area contributed by atoms with Gasteiger partial charge in [-0.1, -0.05) is 0 Å². The van der Waals surface area contributed by atoms with E-state index in [4.69, 9.17) is 11.5 Å².